The van der Waals surface area contributed by atoms with E-state index in [4.69, 9.17) is 9.26 Å². The normalized spacial score (nSPS) is 26.8. The Hall–Kier alpha value is -1.88. The van der Waals surface area contributed by atoms with Crippen LogP contribution in [0.15, 0.2) is 28.8 Å². The maximum absolute atomic E-state index is 5.73. The van der Waals surface area contributed by atoms with E-state index in [9.17, 15) is 0 Å². The third kappa shape index (κ3) is 2.50. The van der Waals surface area contributed by atoms with Gasteiger partial charge in [-0.3, -0.25) is 0 Å². The van der Waals surface area contributed by atoms with Gasteiger partial charge in [-0.25, -0.2) is 0 Å². The van der Waals surface area contributed by atoms with Crippen LogP contribution in [0.25, 0.3) is 11.4 Å². The van der Waals surface area contributed by atoms with Crippen LogP contribution in [0.3, 0.4) is 0 Å². The van der Waals surface area contributed by atoms with Crippen molar-refractivity contribution >= 4 is 0 Å². The summed E-state index contributed by atoms with van der Waals surface area (Å²) in [7, 11) is 0. The highest BCUT2D eigenvalue weighted by atomic mass is 16.5. The minimum Gasteiger partial charge on any atom is -0.491 e. The second kappa shape index (κ2) is 5.39. The van der Waals surface area contributed by atoms with Crippen LogP contribution in [-0.2, 0) is 0 Å². The van der Waals surface area contributed by atoms with Crippen LogP contribution in [-0.4, -0.2) is 28.3 Å². The van der Waals surface area contributed by atoms with Crippen LogP contribution in [0.1, 0.15) is 44.9 Å². The van der Waals surface area contributed by atoms with Crippen molar-refractivity contribution in [2.24, 2.45) is 0 Å². The lowest BCUT2D eigenvalue weighted by Gasteiger charge is -2.15. The highest BCUT2D eigenvalue weighted by molar-refractivity contribution is 5.56. The van der Waals surface area contributed by atoms with E-state index in [2.05, 4.69) is 15.5 Å². The molecule has 0 spiro atoms. The second-order valence-corrected chi connectivity index (χ2v) is 6.54. The zero-order valence-corrected chi connectivity index (χ0v) is 13.0. The van der Waals surface area contributed by atoms with Gasteiger partial charge < -0.3 is 14.6 Å². The molecule has 2 aliphatic rings. The molecular formula is C17H21N3O2. The fraction of sp³-hybridized carbons (Fsp3) is 0.529. The van der Waals surface area contributed by atoms with Crippen molar-refractivity contribution in [2.75, 3.05) is 0 Å². The first-order chi connectivity index (χ1) is 10.7. The molecule has 2 aromatic rings. The van der Waals surface area contributed by atoms with Gasteiger partial charge >= 0.3 is 0 Å². The number of hydrogen-bond acceptors (Lipinski definition) is 5. The lowest BCUT2D eigenvalue weighted by Crippen LogP contribution is -2.21. The van der Waals surface area contributed by atoms with Gasteiger partial charge in [-0.05, 0) is 45.2 Å². The van der Waals surface area contributed by atoms with E-state index in [1.165, 1.54) is 12.8 Å². The van der Waals surface area contributed by atoms with E-state index >= 15 is 0 Å². The Bertz CT molecular complexity index is 667. The van der Waals surface area contributed by atoms with Crippen LogP contribution in [0.4, 0.5) is 0 Å². The SMILES string of the molecule is CC(C)Oc1cccc(-c2noc([C@@H]3C[C@@H]4CC[C@H]3N4)n2)c1. The summed E-state index contributed by atoms with van der Waals surface area (Å²) in [6.07, 6.45) is 3.75. The summed E-state index contributed by atoms with van der Waals surface area (Å²) in [6, 6.07) is 9.00. The Morgan fingerprint density at radius 2 is 2.23 bits per heavy atom. The smallest absolute Gasteiger partial charge is 0.231 e. The maximum Gasteiger partial charge on any atom is 0.231 e. The van der Waals surface area contributed by atoms with Gasteiger partial charge in [0.05, 0.1) is 12.0 Å². The van der Waals surface area contributed by atoms with Gasteiger partial charge in [-0.2, -0.15) is 4.98 Å². The lowest BCUT2D eigenvalue weighted by molar-refractivity contribution is 0.242. The van der Waals surface area contributed by atoms with Gasteiger partial charge in [0.1, 0.15) is 5.75 Å². The molecule has 0 radical (unpaired) electrons. The van der Waals surface area contributed by atoms with Crippen molar-refractivity contribution in [1.29, 1.82) is 0 Å². The molecule has 4 rings (SSSR count). The number of hydrogen-bond donors (Lipinski definition) is 1. The standard InChI is InChI=1S/C17H21N3O2/c1-10(2)21-13-5-3-4-11(8-13)16-19-17(22-20-16)14-9-12-6-7-15(14)18-12/h3-5,8,10,12,14-15,18H,6-7,9H2,1-2H3/t12-,14+,15+/m0/s1. The van der Waals surface area contributed by atoms with Gasteiger partial charge in [0, 0.05) is 17.6 Å². The zero-order valence-electron chi connectivity index (χ0n) is 13.0. The Morgan fingerprint density at radius 1 is 1.32 bits per heavy atom. The molecule has 5 heteroatoms. The molecule has 3 heterocycles. The first kappa shape index (κ1) is 13.8. The largest absolute Gasteiger partial charge is 0.491 e. The first-order valence-corrected chi connectivity index (χ1v) is 8.06. The van der Waals surface area contributed by atoms with Crippen LogP contribution >= 0.6 is 0 Å². The zero-order chi connectivity index (χ0) is 15.1. The molecule has 116 valence electrons. The molecule has 1 aromatic heterocycles. The van der Waals surface area contributed by atoms with E-state index in [0.29, 0.717) is 23.8 Å². The summed E-state index contributed by atoms with van der Waals surface area (Å²) < 4.78 is 11.3. The highest BCUT2D eigenvalue weighted by Gasteiger charge is 2.42. The molecule has 2 bridgehead atoms. The molecule has 0 aliphatic carbocycles. The highest BCUT2D eigenvalue weighted by Crippen LogP contribution is 2.39. The summed E-state index contributed by atoms with van der Waals surface area (Å²) in [6.45, 7) is 4.03. The van der Waals surface area contributed by atoms with Crippen LogP contribution in [0.2, 0.25) is 0 Å². The second-order valence-electron chi connectivity index (χ2n) is 6.54. The average Bonchev–Trinajstić information content (AvgIpc) is 3.23. The number of aromatic nitrogens is 2. The minimum atomic E-state index is 0.149. The average molecular weight is 299 g/mol. The minimum absolute atomic E-state index is 0.149. The number of nitrogens with zero attached hydrogens (tertiary/aromatic N) is 2. The molecule has 1 aromatic carbocycles. The van der Waals surface area contributed by atoms with Crippen molar-refractivity contribution in [1.82, 2.24) is 15.5 Å². The molecule has 0 amide bonds. The molecule has 1 N–H and O–H groups in total. The molecule has 5 nitrogen and oxygen atoms in total. The van der Waals surface area contributed by atoms with Crippen molar-refractivity contribution < 1.29 is 9.26 Å². The molecule has 3 atom stereocenters. The van der Waals surface area contributed by atoms with Gasteiger partial charge in [-0.15, -0.1) is 0 Å². The fourth-order valence-electron chi connectivity index (χ4n) is 3.58. The summed E-state index contributed by atoms with van der Waals surface area (Å²) in [4.78, 5) is 4.63. The van der Waals surface area contributed by atoms with Gasteiger partial charge in [0.2, 0.25) is 11.7 Å². The van der Waals surface area contributed by atoms with Crippen molar-refractivity contribution in [3.05, 3.63) is 30.2 Å². The number of benzene rings is 1. The molecule has 2 saturated heterocycles. The molecule has 0 unspecified atom stereocenters. The van der Waals surface area contributed by atoms with Gasteiger partial charge in [-0.1, -0.05) is 17.3 Å². The van der Waals surface area contributed by atoms with Crippen LogP contribution in [0, 0.1) is 0 Å². The van der Waals surface area contributed by atoms with E-state index in [0.717, 1.165) is 23.6 Å². The quantitative estimate of drug-likeness (QED) is 0.940. The number of nitrogens with one attached hydrogen (secondary N) is 1. The fourth-order valence-corrected chi connectivity index (χ4v) is 3.58. The summed E-state index contributed by atoms with van der Waals surface area (Å²) in [5, 5.41) is 7.77. The number of fused-ring (bicyclic) bond motifs is 2. The number of rotatable bonds is 4. The molecule has 2 fully saturated rings. The van der Waals surface area contributed by atoms with E-state index < -0.39 is 0 Å². The van der Waals surface area contributed by atoms with Crippen LogP contribution in [0.5, 0.6) is 5.75 Å². The molecule has 22 heavy (non-hydrogen) atoms. The van der Waals surface area contributed by atoms with Gasteiger partial charge in [0.25, 0.3) is 0 Å². The van der Waals surface area contributed by atoms with E-state index in [-0.39, 0.29) is 6.10 Å². The lowest BCUT2D eigenvalue weighted by atomic mass is 9.89. The Labute approximate surface area is 130 Å². The Kier molecular flexibility index (Phi) is 3.37. The van der Waals surface area contributed by atoms with Crippen molar-refractivity contribution in [2.45, 2.75) is 57.2 Å². The summed E-state index contributed by atoms with van der Waals surface area (Å²) >= 11 is 0. The summed E-state index contributed by atoms with van der Waals surface area (Å²) in [5.41, 5.74) is 0.935. The van der Waals surface area contributed by atoms with Crippen LogP contribution < -0.4 is 10.1 Å². The molecule has 0 saturated carbocycles. The summed E-state index contributed by atoms with van der Waals surface area (Å²) in [5.74, 6) is 2.62. The predicted molar refractivity (Wildman–Crippen MR) is 82.8 cm³/mol. The molecule has 2 aliphatic heterocycles. The van der Waals surface area contributed by atoms with Gasteiger partial charge in [0.15, 0.2) is 0 Å². The third-order valence-electron chi connectivity index (χ3n) is 4.52. The van der Waals surface area contributed by atoms with Crippen molar-refractivity contribution in [3.63, 3.8) is 0 Å². The Balaban J connectivity index is 1.56. The van der Waals surface area contributed by atoms with E-state index in [1.54, 1.807) is 0 Å². The first-order valence-electron chi connectivity index (χ1n) is 8.06. The third-order valence-corrected chi connectivity index (χ3v) is 4.52. The Morgan fingerprint density at radius 3 is 2.95 bits per heavy atom. The topological polar surface area (TPSA) is 60.2 Å². The molecular weight excluding hydrogens is 278 g/mol. The van der Waals surface area contributed by atoms with Crippen molar-refractivity contribution in [3.8, 4) is 17.1 Å². The predicted octanol–water partition coefficient (Wildman–Crippen LogP) is 3.13. The number of ether oxygens (including phenoxy) is 1. The van der Waals surface area contributed by atoms with E-state index in [1.807, 2.05) is 38.1 Å². The maximum atomic E-state index is 5.73. The monoisotopic (exact) mass is 299 g/mol.